The van der Waals surface area contributed by atoms with Gasteiger partial charge >= 0.3 is 0 Å². The van der Waals surface area contributed by atoms with Gasteiger partial charge in [0.05, 0.1) is 31.1 Å². The molecule has 0 saturated carbocycles. The smallest absolute Gasteiger partial charge is 0.191 e. The number of fused-ring (bicyclic) bond motifs is 2. The maximum absolute atomic E-state index is 5.98. The van der Waals surface area contributed by atoms with Gasteiger partial charge in [0.2, 0.25) is 0 Å². The Hall–Kier alpha value is -3.26. The summed E-state index contributed by atoms with van der Waals surface area (Å²) in [7, 11) is 1.67. The number of aliphatic imine (C=N–C) groups is 1. The summed E-state index contributed by atoms with van der Waals surface area (Å²) in [6.07, 6.45) is 2.40. The van der Waals surface area contributed by atoms with Crippen LogP contribution in [-0.2, 0) is 24.2 Å². The lowest BCUT2D eigenvalue weighted by atomic mass is 10.0. The van der Waals surface area contributed by atoms with Crippen molar-refractivity contribution in [3.8, 4) is 5.75 Å². The lowest BCUT2D eigenvalue weighted by Crippen LogP contribution is -2.31. The molecule has 0 saturated heterocycles. The Morgan fingerprint density at radius 2 is 2.13 bits per heavy atom. The van der Waals surface area contributed by atoms with Crippen LogP contribution in [0.1, 0.15) is 41.1 Å². The number of rotatable bonds is 6. The normalized spacial score (nSPS) is 16.0. The van der Waals surface area contributed by atoms with Crippen molar-refractivity contribution in [1.82, 2.24) is 15.0 Å². The summed E-state index contributed by atoms with van der Waals surface area (Å²) in [4.78, 5) is 20.5. The lowest BCUT2D eigenvalue weighted by molar-refractivity contribution is 0.0921. The summed E-state index contributed by atoms with van der Waals surface area (Å²) in [6, 6.07) is 8.11. The van der Waals surface area contributed by atoms with E-state index in [0.29, 0.717) is 25.6 Å². The fraction of sp³-hybridized carbons (Fsp3) is 0.391. The van der Waals surface area contributed by atoms with Crippen LogP contribution < -0.4 is 9.64 Å². The van der Waals surface area contributed by atoms with E-state index in [1.807, 2.05) is 32.0 Å². The number of hydrogen-bond donors (Lipinski definition) is 0. The Morgan fingerprint density at radius 3 is 3.00 bits per heavy atom. The first-order valence-corrected chi connectivity index (χ1v) is 10.5. The van der Waals surface area contributed by atoms with Crippen LogP contribution in [0.3, 0.4) is 0 Å². The maximum atomic E-state index is 5.98. The van der Waals surface area contributed by atoms with Gasteiger partial charge in [-0.1, -0.05) is 6.07 Å². The molecule has 1 aromatic carbocycles. The van der Waals surface area contributed by atoms with Gasteiger partial charge in [-0.3, -0.25) is 4.99 Å². The second kappa shape index (κ2) is 8.11. The number of anilines is 1. The molecule has 8 heteroatoms. The van der Waals surface area contributed by atoms with Crippen LogP contribution >= 0.6 is 0 Å². The Kier molecular flexibility index (Phi) is 5.15. The third-order valence-electron chi connectivity index (χ3n) is 5.54. The molecule has 2 aliphatic heterocycles. The van der Waals surface area contributed by atoms with Crippen molar-refractivity contribution < 1.29 is 13.9 Å². The molecule has 5 rings (SSSR count). The van der Waals surface area contributed by atoms with Gasteiger partial charge in [0.1, 0.15) is 35.5 Å². The number of benzene rings is 1. The monoisotopic (exact) mass is 419 g/mol. The van der Waals surface area contributed by atoms with Crippen molar-refractivity contribution in [2.24, 2.45) is 4.99 Å². The summed E-state index contributed by atoms with van der Waals surface area (Å²) in [6.45, 7) is 6.56. The molecule has 0 aliphatic carbocycles. The van der Waals surface area contributed by atoms with E-state index in [9.17, 15) is 0 Å². The average Bonchev–Trinajstić information content (AvgIpc) is 3.35. The number of hydrogen-bond acceptors (Lipinski definition) is 8. The summed E-state index contributed by atoms with van der Waals surface area (Å²) in [5.41, 5.74) is 4.90. The number of ether oxygens (including phenoxy) is 2. The van der Waals surface area contributed by atoms with Crippen LogP contribution in [0, 0.1) is 6.92 Å². The topological polar surface area (TPSA) is 85.9 Å². The van der Waals surface area contributed by atoms with E-state index in [2.05, 4.69) is 25.9 Å². The van der Waals surface area contributed by atoms with Crippen LogP contribution in [0.25, 0.3) is 0 Å². The molecular weight excluding hydrogens is 394 g/mol. The van der Waals surface area contributed by atoms with Gasteiger partial charge in [-0.25, -0.2) is 15.0 Å². The predicted molar refractivity (Wildman–Crippen MR) is 116 cm³/mol. The Bertz CT molecular complexity index is 1140. The fourth-order valence-corrected chi connectivity index (χ4v) is 4.13. The molecule has 0 bridgehead atoms. The SMILES string of the molecule is COC[C@H](C)Oc1ccc2c(c1)C(c1cc(N3CCc4oc(C)nc4C3)ncn1)=NC2. The molecule has 1 atom stereocenters. The summed E-state index contributed by atoms with van der Waals surface area (Å²) < 4.78 is 16.8. The zero-order valence-electron chi connectivity index (χ0n) is 18.0. The molecule has 0 spiro atoms. The summed E-state index contributed by atoms with van der Waals surface area (Å²) in [5, 5.41) is 0. The highest BCUT2D eigenvalue weighted by molar-refractivity contribution is 6.14. The van der Waals surface area contributed by atoms with E-state index in [-0.39, 0.29) is 6.10 Å². The van der Waals surface area contributed by atoms with E-state index in [1.165, 1.54) is 5.56 Å². The summed E-state index contributed by atoms with van der Waals surface area (Å²) >= 11 is 0. The molecule has 0 unspecified atom stereocenters. The first kappa shape index (κ1) is 19.7. The molecule has 2 aromatic heterocycles. The molecule has 0 amide bonds. The van der Waals surface area contributed by atoms with E-state index >= 15 is 0 Å². The molecule has 8 nitrogen and oxygen atoms in total. The zero-order valence-corrected chi connectivity index (χ0v) is 18.0. The molecule has 4 heterocycles. The quantitative estimate of drug-likeness (QED) is 0.607. The van der Waals surface area contributed by atoms with Crippen LogP contribution in [0.4, 0.5) is 5.82 Å². The number of aromatic nitrogens is 3. The van der Waals surface area contributed by atoms with Crippen molar-refractivity contribution in [3.05, 3.63) is 64.8 Å². The van der Waals surface area contributed by atoms with Gasteiger partial charge in [0, 0.05) is 38.6 Å². The molecule has 2 aliphatic rings. The molecule has 0 N–H and O–H groups in total. The highest BCUT2D eigenvalue weighted by Crippen LogP contribution is 2.29. The largest absolute Gasteiger partial charge is 0.488 e. The predicted octanol–water partition coefficient (Wildman–Crippen LogP) is 3.10. The first-order chi connectivity index (χ1) is 15.1. The number of nitrogens with zero attached hydrogens (tertiary/aromatic N) is 5. The minimum Gasteiger partial charge on any atom is -0.488 e. The number of oxazole rings is 1. The van der Waals surface area contributed by atoms with Crippen LogP contribution in [0.15, 0.2) is 40.0 Å². The Balaban J connectivity index is 1.39. The van der Waals surface area contributed by atoms with Gasteiger partial charge < -0.3 is 18.8 Å². The molecule has 0 fully saturated rings. The first-order valence-electron chi connectivity index (χ1n) is 10.5. The Labute approximate surface area is 181 Å². The van der Waals surface area contributed by atoms with E-state index in [4.69, 9.17) is 18.9 Å². The molecule has 160 valence electrons. The van der Waals surface area contributed by atoms with Gasteiger partial charge in [-0.2, -0.15) is 0 Å². The number of methoxy groups -OCH3 is 1. The molecule has 3 aromatic rings. The van der Waals surface area contributed by atoms with Crippen LogP contribution in [0.2, 0.25) is 0 Å². The standard InChI is InChI=1S/C23H25N5O3/c1-14(12-29-3)30-17-5-4-16-10-24-23(18(16)8-17)19-9-22(26-13-25-19)28-7-6-21-20(11-28)27-15(2)31-21/h4-5,8-9,13-14H,6-7,10-12H2,1-3H3/t14-/m0/s1. The van der Waals surface area contributed by atoms with Crippen molar-refractivity contribution in [2.45, 2.75) is 39.5 Å². The zero-order chi connectivity index (χ0) is 21.4. The minimum absolute atomic E-state index is 0.0281. The lowest BCUT2D eigenvalue weighted by Gasteiger charge is -2.26. The molecule has 0 radical (unpaired) electrons. The highest BCUT2D eigenvalue weighted by Gasteiger charge is 2.24. The minimum atomic E-state index is -0.0281. The van der Waals surface area contributed by atoms with Gasteiger partial charge in [0.15, 0.2) is 5.89 Å². The molecule has 31 heavy (non-hydrogen) atoms. The van der Waals surface area contributed by atoms with Gasteiger partial charge in [-0.05, 0) is 24.6 Å². The van der Waals surface area contributed by atoms with Gasteiger partial charge in [0.25, 0.3) is 0 Å². The number of aryl methyl sites for hydroxylation is 1. The van der Waals surface area contributed by atoms with E-state index < -0.39 is 0 Å². The van der Waals surface area contributed by atoms with Gasteiger partial charge in [-0.15, -0.1) is 0 Å². The third-order valence-corrected chi connectivity index (χ3v) is 5.54. The second-order valence-electron chi connectivity index (χ2n) is 7.90. The highest BCUT2D eigenvalue weighted by atomic mass is 16.5. The van der Waals surface area contributed by atoms with Crippen molar-refractivity contribution >= 4 is 11.5 Å². The summed E-state index contributed by atoms with van der Waals surface area (Å²) in [5.74, 6) is 3.36. The molecular formula is C23H25N5O3. The van der Waals surface area contributed by atoms with Crippen molar-refractivity contribution in [1.29, 1.82) is 0 Å². The third kappa shape index (κ3) is 3.90. The van der Waals surface area contributed by atoms with Crippen molar-refractivity contribution in [2.75, 3.05) is 25.2 Å². The average molecular weight is 419 g/mol. The van der Waals surface area contributed by atoms with Crippen molar-refractivity contribution in [3.63, 3.8) is 0 Å². The van der Waals surface area contributed by atoms with E-state index in [1.54, 1.807) is 13.4 Å². The fourth-order valence-electron chi connectivity index (χ4n) is 4.13. The Morgan fingerprint density at radius 1 is 1.23 bits per heavy atom. The van der Waals surface area contributed by atoms with Crippen LogP contribution in [0.5, 0.6) is 5.75 Å². The maximum Gasteiger partial charge on any atom is 0.191 e. The van der Waals surface area contributed by atoms with Crippen LogP contribution in [-0.4, -0.2) is 47.0 Å². The van der Waals surface area contributed by atoms with E-state index in [0.717, 1.165) is 53.0 Å². The second-order valence-corrected chi connectivity index (χ2v) is 7.90.